The number of fused-ring (bicyclic) bond motifs is 1. The molecule has 0 aromatic heterocycles. The Kier molecular flexibility index (Phi) is 4.75. The van der Waals surface area contributed by atoms with Gasteiger partial charge in [-0.25, -0.2) is 0 Å². The molecule has 1 aromatic carbocycles. The van der Waals surface area contributed by atoms with Crippen LogP contribution in [0, 0.1) is 0 Å². The minimum Gasteiger partial charge on any atom is -0.493 e. The molecule has 1 heterocycles. The molecule has 0 spiro atoms. The summed E-state index contributed by atoms with van der Waals surface area (Å²) in [6.45, 7) is 2.62. The van der Waals surface area contributed by atoms with Crippen molar-refractivity contribution in [2.24, 2.45) is 0 Å². The third-order valence-corrected chi connectivity index (χ3v) is 4.68. The smallest absolute Gasteiger partial charge is 0.314 e. The summed E-state index contributed by atoms with van der Waals surface area (Å²) in [7, 11) is 0. The third kappa shape index (κ3) is 2.89. The molecule has 1 aliphatic heterocycles. The SMILES string of the molecule is CCSCCCC1(C(=O)O)CCOc2ccccc21. The normalized spacial score (nSPS) is 21.5. The number of hydrogen-bond donors (Lipinski definition) is 1. The highest BCUT2D eigenvalue weighted by Gasteiger charge is 2.43. The molecular weight excluding hydrogens is 260 g/mol. The molecule has 0 saturated carbocycles. The highest BCUT2D eigenvalue weighted by molar-refractivity contribution is 7.99. The molecule has 1 aliphatic rings. The third-order valence-electron chi connectivity index (χ3n) is 3.69. The lowest BCUT2D eigenvalue weighted by molar-refractivity contribution is -0.145. The van der Waals surface area contributed by atoms with E-state index in [4.69, 9.17) is 4.74 Å². The van der Waals surface area contributed by atoms with Crippen LogP contribution in [0.1, 0.15) is 31.7 Å². The van der Waals surface area contributed by atoms with Gasteiger partial charge in [-0.3, -0.25) is 4.79 Å². The summed E-state index contributed by atoms with van der Waals surface area (Å²) in [6, 6.07) is 7.55. The first-order valence-electron chi connectivity index (χ1n) is 6.74. The second-order valence-electron chi connectivity index (χ2n) is 4.78. The highest BCUT2D eigenvalue weighted by atomic mass is 32.2. The van der Waals surface area contributed by atoms with E-state index in [2.05, 4.69) is 6.92 Å². The summed E-state index contributed by atoms with van der Waals surface area (Å²) >= 11 is 1.86. The van der Waals surface area contributed by atoms with Gasteiger partial charge in [0, 0.05) is 12.0 Å². The Hall–Kier alpha value is -1.16. The number of hydrogen-bond acceptors (Lipinski definition) is 3. The monoisotopic (exact) mass is 280 g/mol. The van der Waals surface area contributed by atoms with Crippen LogP contribution >= 0.6 is 11.8 Å². The fraction of sp³-hybridized carbons (Fsp3) is 0.533. The van der Waals surface area contributed by atoms with Crippen LogP contribution in [-0.2, 0) is 10.2 Å². The second kappa shape index (κ2) is 6.33. The number of aliphatic carboxylic acids is 1. The maximum absolute atomic E-state index is 11.8. The van der Waals surface area contributed by atoms with Crippen molar-refractivity contribution in [3.05, 3.63) is 29.8 Å². The fourth-order valence-corrected chi connectivity index (χ4v) is 3.30. The van der Waals surface area contributed by atoms with Gasteiger partial charge in [0.05, 0.1) is 12.0 Å². The van der Waals surface area contributed by atoms with Crippen LogP contribution in [0.5, 0.6) is 5.75 Å². The van der Waals surface area contributed by atoms with Gasteiger partial charge in [0.1, 0.15) is 5.75 Å². The van der Waals surface area contributed by atoms with Crippen molar-refractivity contribution < 1.29 is 14.6 Å². The molecule has 1 aromatic rings. The Morgan fingerprint density at radius 2 is 2.26 bits per heavy atom. The largest absolute Gasteiger partial charge is 0.493 e. The standard InChI is InChI=1S/C15H20O3S/c1-2-19-11-5-8-15(14(16)17)9-10-18-13-7-4-3-6-12(13)15/h3-4,6-7H,2,5,8-11H2,1H3,(H,16,17). The van der Waals surface area contributed by atoms with Gasteiger partial charge in [-0.15, -0.1) is 0 Å². The zero-order valence-corrected chi connectivity index (χ0v) is 12.0. The molecule has 2 rings (SSSR count). The zero-order chi connectivity index (χ0) is 13.7. The molecule has 1 atom stereocenters. The lowest BCUT2D eigenvalue weighted by atomic mass is 9.73. The minimum atomic E-state index is -0.761. The summed E-state index contributed by atoms with van der Waals surface area (Å²) in [4.78, 5) is 11.8. The molecule has 19 heavy (non-hydrogen) atoms. The summed E-state index contributed by atoms with van der Waals surface area (Å²) in [5.41, 5.74) is 0.0821. The minimum absolute atomic E-state index is 0.490. The first kappa shape index (κ1) is 14.3. The molecule has 0 saturated heterocycles. The van der Waals surface area contributed by atoms with Crippen molar-refractivity contribution in [3.8, 4) is 5.75 Å². The number of rotatable bonds is 6. The molecule has 104 valence electrons. The fourth-order valence-electron chi connectivity index (χ4n) is 2.67. The number of ether oxygens (including phenoxy) is 1. The Morgan fingerprint density at radius 3 is 3.00 bits per heavy atom. The van der Waals surface area contributed by atoms with Crippen molar-refractivity contribution in [1.82, 2.24) is 0 Å². The van der Waals surface area contributed by atoms with Gasteiger partial charge in [0.25, 0.3) is 0 Å². The molecule has 4 heteroatoms. The Bertz CT molecular complexity index is 447. The molecule has 1 N–H and O–H groups in total. The highest BCUT2D eigenvalue weighted by Crippen LogP contribution is 2.42. The summed E-state index contributed by atoms with van der Waals surface area (Å²) < 4.78 is 5.59. The van der Waals surface area contributed by atoms with Gasteiger partial charge in [-0.2, -0.15) is 11.8 Å². The van der Waals surface area contributed by atoms with Crippen molar-refractivity contribution in [3.63, 3.8) is 0 Å². The predicted octanol–water partition coefficient (Wildman–Crippen LogP) is 3.32. The lowest BCUT2D eigenvalue weighted by Gasteiger charge is -2.35. The van der Waals surface area contributed by atoms with Gasteiger partial charge in [0.15, 0.2) is 0 Å². The Balaban J connectivity index is 2.23. The Labute approximate surface area is 118 Å². The van der Waals surface area contributed by atoms with Crippen LogP contribution in [0.25, 0.3) is 0 Å². The van der Waals surface area contributed by atoms with Gasteiger partial charge in [-0.05, 0) is 30.4 Å². The van der Waals surface area contributed by atoms with E-state index < -0.39 is 11.4 Å². The maximum Gasteiger partial charge on any atom is 0.314 e. The molecular formula is C15H20O3S. The second-order valence-corrected chi connectivity index (χ2v) is 6.18. The summed E-state index contributed by atoms with van der Waals surface area (Å²) in [6.07, 6.45) is 2.19. The van der Waals surface area contributed by atoms with E-state index in [1.807, 2.05) is 36.0 Å². The van der Waals surface area contributed by atoms with Crippen LogP contribution in [-0.4, -0.2) is 29.2 Å². The lowest BCUT2D eigenvalue weighted by Crippen LogP contribution is -2.40. The van der Waals surface area contributed by atoms with Crippen LogP contribution in [0.4, 0.5) is 0 Å². The number of carboxylic acid groups (broad SMARTS) is 1. The molecule has 0 fully saturated rings. The van der Waals surface area contributed by atoms with E-state index in [1.54, 1.807) is 0 Å². The van der Waals surface area contributed by atoms with Gasteiger partial charge >= 0.3 is 5.97 Å². The van der Waals surface area contributed by atoms with E-state index in [0.717, 1.165) is 29.2 Å². The number of carboxylic acids is 1. The van der Waals surface area contributed by atoms with E-state index in [0.29, 0.717) is 19.4 Å². The van der Waals surface area contributed by atoms with Crippen molar-refractivity contribution in [2.75, 3.05) is 18.1 Å². The van der Waals surface area contributed by atoms with Crippen LogP contribution in [0.15, 0.2) is 24.3 Å². The average molecular weight is 280 g/mol. The van der Waals surface area contributed by atoms with Gasteiger partial charge < -0.3 is 9.84 Å². The predicted molar refractivity (Wildman–Crippen MR) is 78.1 cm³/mol. The summed E-state index contributed by atoms with van der Waals surface area (Å²) in [5, 5.41) is 9.73. The number of para-hydroxylation sites is 1. The number of thioether (sulfide) groups is 1. The topological polar surface area (TPSA) is 46.5 Å². The van der Waals surface area contributed by atoms with Gasteiger partial charge in [-0.1, -0.05) is 25.1 Å². The first-order valence-corrected chi connectivity index (χ1v) is 7.89. The van der Waals surface area contributed by atoms with Gasteiger partial charge in [0.2, 0.25) is 0 Å². The van der Waals surface area contributed by atoms with E-state index in [-0.39, 0.29) is 0 Å². The quantitative estimate of drug-likeness (QED) is 0.812. The average Bonchev–Trinajstić information content (AvgIpc) is 2.43. The zero-order valence-electron chi connectivity index (χ0n) is 11.2. The first-order chi connectivity index (χ1) is 9.20. The van der Waals surface area contributed by atoms with Crippen molar-refractivity contribution >= 4 is 17.7 Å². The maximum atomic E-state index is 11.8. The molecule has 0 radical (unpaired) electrons. The number of carbonyl (C=O) groups is 1. The van der Waals surface area contributed by atoms with Crippen molar-refractivity contribution in [1.29, 1.82) is 0 Å². The molecule has 0 aliphatic carbocycles. The van der Waals surface area contributed by atoms with Crippen LogP contribution in [0.3, 0.4) is 0 Å². The molecule has 0 bridgehead atoms. The van der Waals surface area contributed by atoms with Crippen LogP contribution < -0.4 is 4.74 Å². The van der Waals surface area contributed by atoms with E-state index in [9.17, 15) is 9.90 Å². The molecule has 0 amide bonds. The molecule has 1 unspecified atom stereocenters. The summed E-state index contributed by atoms with van der Waals surface area (Å²) in [5.74, 6) is 2.12. The van der Waals surface area contributed by atoms with Crippen molar-refractivity contribution in [2.45, 2.75) is 31.6 Å². The van der Waals surface area contributed by atoms with Crippen LogP contribution in [0.2, 0.25) is 0 Å². The Morgan fingerprint density at radius 1 is 1.47 bits per heavy atom. The van der Waals surface area contributed by atoms with E-state index >= 15 is 0 Å². The number of benzene rings is 1. The molecule has 3 nitrogen and oxygen atoms in total. The van der Waals surface area contributed by atoms with E-state index in [1.165, 1.54) is 0 Å².